The molecule has 0 aromatic heterocycles. The number of hydrogen-bond donors (Lipinski definition) is 3. The highest BCUT2D eigenvalue weighted by Crippen LogP contribution is 2.29. The van der Waals surface area contributed by atoms with Crippen molar-refractivity contribution in [3.63, 3.8) is 0 Å². The van der Waals surface area contributed by atoms with Crippen LogP contribution in [0.25, 0.3) is 0 Å². The first-order valence-electron chi connectivity index (χ1n) is 5.41. The van der Waals surface area contributed by atoms with Gasteiger partial charge in [0.1, 0.15) is 5.54 Å². The van der Waals surface area contributed by atoms with Gasteiger partial charge < -0.3 is 16.6 Å². The van der Waals surface area contributed by atoms with Crippen LogP contribution in [-0.2, 0) is 4.79 Å². The lowest BCUT2D eigenvalue weighted by molar-refractivity contribution is -0.141. The van der Waals surface area contributed by atoms with E-state index in [1.807, 2.05) is 0 Å². The third-order valence-electron chi connectivity index (χ3n) is 2.11. The van der Waals surface area contributed by atoms with Gasteiger partial charge in [0.2, 0.25) is 0 Å². The summed E-state index contributed by atoms with van der Waals surface area (Å²) in [6.45, 7) is 2.60. The molecule has 0 aliphatic rings. The Morgan fingerprint density at radius 1 is 1.45 bits per heavy atom. The third-order valence-corrected chi connectivity index (χ3v) is 3.66. The predicted molar refractivity (Wildman–Crippen MR) is 76.0 cm³/mol. The van der Waals surface area contributed by atoms with Crippen LogP contribution < -0.4 is 11.5 Å². The van der Waals surface area contributed by atoms with Gasteiger partial charge >= 0.3 is 12.1 Å². The standard InChI is InChI=1S/C10H18F3N3O2S.CH4/c1-6(14)16-4-7(3-10(11,12)13)19-5-9(2,15)8(17)18;/h7H,3-5,15H2,1-2H3,(H2,14,16)(H,17,18);1H4. The lowest BCUT2D eigenvalue weighted by atomic mass is 10.1. The van der Waals surface area contributed by atoms with Crippen LogP contribution in [0.3, 0.4) is 0 Å². The van der Waals surface area contributed by atoms with E-state index in [1.54, 1.807) is 0 Å². The predicted octanol–water partition coefficient (Wildman–Crippen LogP) is 1.86. The van der Waals surface area contributed by atoms with E-state index in [-0.39, 0.29) is 25.6 Å². The Kier molecular flexibility index (Phi) is 8.91. The Balaban J connectivity index is 0. The molecule has 2 unspecified atom stereocenters. The zero-order chi connectivity index (χ0) is 15.3. The van der Waals surface area contributed by atoms with E-state index >= 15 is 0 Å². The Morgan fingerprint density at radius 2 is 1.95 bits per heavy atom. The first kappa shape index (κ1) is 21.3. The van der Waals surface area contributed by atoms with Gasteiger partial charge in [-0.1, -0.05) is 7.43 Å². The van der Waals surface area contributed by atoms with Crippen molar-refractivity contribution >= 4 is 23.6 Å². The van der Waals surface area contributed by atoms with Gasteiger partial charge in [0.05, 0.1) is 18.8 Å². The maximum absolute atomic E-state index is 12.4. The van der Waals surface area contributed by atoms with Crippen molar-refractivity contribution in [2.24, 2.45) is 16.5 Å². The summed E-state index contributed by atoms with van der Waals surface area (Å²) in [6.07, 6.45) is -5.41. The number of carboxylic acids is 1. The molecule has 5 N–H and O–H groups in total. The molecular formula is C11H22F3N3O2S. The van der Waals surface area contributed by atoms with Crippen molar-refractivity contribution in [1.82, 2.24) is 0 Å². The molecule has 0 fully saturated rings. The molecule has 0 rings (SSSR count). The molecule has 0 aliphatic carbocycles. The van der Waals surface area contributed by atoms with Crippen LogP contribution in [0.5, 0.6) is 0 Å². The molecule has 0 saturated heterocycles. The zero-order valence-electron chi connectivity index (χ0n) is 10.7. The van der Waals surface area contributed by atoms with E-state index in [4.69, 9.17) is 16.6 Å². The number of carboxylic acid groups (broad SMARTS) is 1. The Labute approximate surface area is 121 Å². The fourth-order valence-corrected chi connectivity index (χ4v) is 2.23. The SMILES string of the molecule is C.CC(N)=NCC(CC(F)(F)F)SCC(C)(N)C(=O)O. The minimum absolute atomic E-state index is 0. The second-order valence-corrected chi connectivity index (χ2v) is 5.75. The normalized spacial score (nSPS) is 17.0. The third kappa shape index (κ3) is 9.90. The van der Waals surface area contributed by atoms with E-state index in [0.717, 1.165) is 11.8 Å². The minimum Gasteiger partial charge on any atom is -0.480 e. The average Bonchev–Trinajstić information content (AvgIpc) is 2.20. The van der Waals surface area contributed by atoms with Gasteiger partial charge in [-0.25, -0.2) is 0 Å². The van der Waals surface area contributed by atoms with Crippen molar-refractivity contribution in [3.05, 3.63) is 0 Å². The zero-order valence-corrected chi connectivity index (χ0v) is 11.5. The minimum atomic E-state index is -4.34. The molecule has 20 heavy (non-hydrogen) atoms. The van der Waals surface area contributed by atoms with Crippen LogP contribution >= 0.6 is 11.8 Å². The lowest BCUT2D eigenvalue weighted by Crippen LogP contribution is -2.47. The quantitative estimate of drug-likeness (QED) is 0.491. The van der Waals surface area contributed by atoms with Gasteiger partial charge in [0.15, 0.2) is 0 Å². The van der Waals surface area contributed by atoms with Crippen LogP contribution in [0, 0.1) is 0 Å². The summed E-state index contributed by atoms with van der Waals surface area (Å²) in [5, 5.41) is 7.89. The second-order valence-electron chi connectivity index (χ2n) is 4.46. The van der Waals surface area contributed by atoms with E-state index in [0.29, 0.717) is 0 Å². The first-order chi connectivity index (χ1) is 8.44. The molecule has 0 heterocycles. The molecule has 0 spiro atoms. The van der Waals surface area contributed by atoms with Gasteiger partial charge in [-0.3, -0.25) is 9.79 Å². The van der Waals surface area contributed by atoms with Crippen molar-refractivity contribution in [2.45, 2.75) is 44.7 Å². The number of amidine groups is 1. The molecule has 0 aromatic rings. The highest BCUT2D eigenvalue weighted by molar-refractivity contribution is 8.00. The van der Waals surface area contributed by atoms with Gasteiger partial charge in [-0.05, 0) is 13.8 Å². The van der Waals surface area contributed by atoms with Crippen LogP contribution in [0.15, 0.2) is 4.99 Å². The van der Waals surface area contributed by atoms with Crippen molar-refractivity contribution < 1.29 is 23.1 Å². The number of thioether (sulfide) groups is 1. The number of halogens is 3. The summed E-state index contributed by atoms with van der Waals surface area (Å²) < 4.78 is 37.1. The topological polar surface area (TPSA) is 102 Å². The van der Waals surface area contributed by atoms with Gasteiger partial charge in [0, 0.05) is 11.0 Å². The molecule has 0 amide bonds. The second kappa shape index (κ2) is 8.35. The summed E-state index contributed by atoms with van der Waals surface area (Å²) in [4.78, 5) is 14.5. The van der Waals surface area contributed by atoms with Gasteiger partial charge in [-0.15, -0.1) is 0 Å². The molecule has 0 radical (unpaired) electrons. The summed E-state index contributed by atoms with van der Waals surface area (Å²) in [7, 11) is 0. The Morgan fingerprint density at radius 3 is 2.30 bits per heavy atom. The fourth-order valence-electron chi connectivity index (χ4n) is 1.03. The number of nitrogens with two attached hydrogens (primary N) is 2. The first-order valence-corrected chi connectivity index (χ1v) is 6.46. The molecule has 0 bridgehead atoms. The van der Waals surface area contributed by atoms with Gasteiger partial charge in [-0.2, -0.15) is 24.9 Å². The Hall–Kier alpha value is -0.960. The van der Waals surface area contributed by atoms with Crippen LogP contribution in [-0.4, -0.2) is 46.2 Å². The molecule has 9 heteroatoms. The number of hydrogen-bond acceptors (Lipinski definition) is 4. The maximum Gasteiger partial charge on any atom is 0.390 e. The number of alkyl halides is 3. The van der Waals surface area contributed by atoms with Crippen LogP contribution in [0.1, 0.15) is 27.7 Å². The smallest absolute Gasteiger partial charge is 0.390 e. The summed E-state index contributed by atoms with van der Waals surface area (Å²) in [5.74, 6) is -1.21. The van der Waals surface area contributed by atoms with Gasteiger partial charge in [0.25, 0.3) is 0 Å². The van der Waals surface area contributed by atoms with E-state index in [1.165, 1.54) is 13.8 Å². The van der Waals surface area contributed by atoms with Crippen molar-refractivity contribution in [1.29, 1.82) is 0 Å². The van der Waals surface area contributed by atoms with Crippen LogP contribution in [0.4, 0.5) is 13.2 Å². The number of carbonyl (C=O) groups is 1. The van der Waals surface area contributed by atoms with Crippen molar-refractivity contribution in [2.75, 3.05) is 12.3 Å². The number of aliphatic carboxylic acids is 1. The molecule has 5 nitrogen and oxygen atoms in total. The molecular weight excluding hydrogens is 295 g/mol. The monoisotopic (exact) mass is 317 g/mol. The van der Waals surface area contributed by atoms with E-state index in [9.17, 15) is 18.0 Å². The molecule has 2 atom stereocenters. The highest BCUT2D eigenvalue weighted by Gasteiger charge is 2.35. The largest absolute Gasteiger partial charge is 0.480 e. The summed E-state index contributed by atoms with van der Waals surface area (Å²) in [5.41, 5.74) is 9.17. The molecule has 0 aliphatic heterocycles. The molecule has 120 valence electrons. The van der Waals surface area contributed by atoms with E-state index < -0.39 is 29.4 Å². The number of nitrogens with zero attached hydrogens (tertiary/aromatic N) is 1. The highest BCUT2D eigenvalue weighted by atomic mass is 32.2. The Bertz CT molecular complexity index is 342. The lowest BCUT2D eigenvalue weighted by Gasteiger charge is -2.23. The number of aliphatic imine (C=N–C) groups is 1. The van der Waals surface area contributed by atoms with Crippen molar-refractivity contribution in [3.8, 4) is 0 Å². The van der Waals surface area contributed by atoms with Crippen LogP contribution in [0.2, 0.25) is 0 Å². The van der Waals surface area contributed by atoms with E-state index in [2.05, 4.69) is 4.99 Å². The number of rotatable bonds is 7. The maximum atomic E-state index is 12.4. The fraction of sp³-hybridized carbons (Fsp3) is 0.818. The molecule has 0 saturated carbocycles. The molecule has 0 aromatic carbocycles. The average molecular weight is 317 g/mol. The summed E-state index contributed by atoms with van der Waals surface area (Å²) in [6, 6.07) is 0. The summed E-state index contributed by atoms with van der Waals surface area (Å²) >= 11 is 0.837.